The van der Waals surface area contributed by atoms with Crippen molar-refractivity contribution in [2.75, 3.05) is 6.61 Å². The van der Waals surface area contributed by atoms with Crippen LogP contribution in [-0.2, 0) is 0 Å². The standard InChI is InChI=1S/C14H17NO2S/c1-9(2)12(7-16)15-14(17)11-8-18-13-6-4-3-5-10(11)13/h3-6,8-9,12,16H,7H2,1-2H3,(H,15,17)/t12-/m1/s1. The molecule has 0 saturated carbocycles. The summed E-state index contributed by atoms with van der Waals surface area (Å²) in [6.07, 6.45) is 0. The van der Waals surface area contributed by atoms with Gasteiger partial charge in [-0.2, -0.15) is 0 Å². The van der Waals surface area contributed by atoms with E-state index in [1.165, 1.54) is 0 Å². The van der Waals surface area contributed by atoms with Gasteiger partial charge in [-0.3, -0.25) is 4.79 Å². The van der Waals surface area contributed by atoms with Crippen LogP contribution in [0.3, 0.4) is 0 Å². The third-order valence-electron chi connectivity index (χ3n) is 3.04. The van der Waals surface area contributed by atoms with Gasteiger partial charge in [-0.1, -0.05) is 32.0 Å². The molecule has 0 aliphatic carbocycles. The van der Waals surface area contributed by atoms with Crippen LogP contribution in [0.5, 0.6) is 0 Å². The average Bonchev–Trinajstić information content (AvgIpc) is 2.79. The summed E-state index contributed by atoms with van der Waals surface area (Å²) in [7, 11) is 0. The number of carbonyl (C=O) groups excluding carboxylic acids is 1. The maximum atomic E-state index is 12.2. The van der Waals surface area contributed by atoms with Crippen molar-refractivity contribution in [1.29, 1.82) is 0 Å². The van der Waals surface area contributed by atoms with Gasteiger partial charge in [0.1, 0.15) is 0 Å². The van der Waals surface area contributed by atoms with Crippen molar-refractivity contribution in [3.8, 4) is 0 Å². The van der Waals surface area contributed by atoms with Crippen molar-refractivity contribution in [3.63, 3.8) is 0 Å². The summed E-state index contributed by atoms with van der Waals surface area (Å²) in [6, 6.07) is 7.65. The minimum absolute atomic E-state index is 0.0362. The van der Waals surface area contributed by atoms with Gasteiger partial charge in [0.05, 0.1) is 18.2 Å². The number of nitrogens with one attached hydrogen (secondary N) is 1. The van der Waals surface area contributed by atoms with E-state index in [1.54, 1.807) is 11.3 Å². The summed E-state index contributed by atoms with van der Waals surface area (Å²) < 4.78 is 1.10. The molecule has 1 aromatic carbocycles. The normalized spacial score (nSPS) is 12.9. The summed E-state index contributed by atoms with van der Waals surface area (Å²) in [6.45, 7) is 3.92. The molecule has 0 spiro atoms. The third-order valence-corrected chi connectivity index (χ3v) is 4.01. The van der Waals surface area contributed by atoms with Gasteiger partial charge in [-0.25, -0.2) is 0 Å². The second-order valence-electron chi connectivity index (χ2n) is 4.65. The molecule has 2 rings (SSSR count). The van der Waals surface area contributed by atoms with Crippen LogP contribution in [0, 0.1) is 5.92 Å². The number of aliphatic hydroxyl groups is 1. The van der Waals surface area contributed by atoms with Crippen molar-refractivity contribution in [3.05, 3.63) is 35.2 Å². The fourth-order valence-corrected chi connectivity index (χ4v) is 2.76. The van der Waals surface area contributed by atoms with Crippen molar-refractivity contribution in [2.24, 2.45) is 5.92 Å². The summed E-state index contributed by atoms with van der Waals surface area (Å²) >= 11 is 1.56. The lowest BCUT2D eigenvalue weighted by Crippen LogP contribution is -2.41. The minimum atomic E-state index is -0.198. The first-order valence-electron chi connectivity index (χ1n) is 6.01. The van der Waals surface area contributed by atoms with Crippen LogP contribution >= 0.6 is 11.3 Å². The summed E-state index contributed by atoms with van der Waals surface area (Å²) in [5.74, 6) is 0.101. The summed E-state index contributed by atoms with van der Waals surface area (Å²) in [5, 5.41) is 15.0. The molecule has 96 valence electrons. The molecule has 0 saturated heterocycles. The molecule has 1 amide bonds. The number of fused-ring (bicyclic) bond motifs is 1. The quantitative estimate of drug-likeness (QED) is 0.891. The Kier molecular flexibility index (Phi) is 3.99. The predicted molar refractivity (Wildman–Crippen MR) is 75.0 cm³/mol. The smallest absolute Gasteiger partial charge is 0.253 e. The third kappa shape index (κ3) is 2.54. The second kappa shape index (κ2) is 5.50. The van der Waals surface area contributed by atoms with Crippen LogP contribution in [0.1, 0.15) is 24.2 Å². The van der Waals surface area contributed by atoms with E-state index in [2.05, 4.69) is 5.32 Å². The Hall–Kier alpha value is -1.39. The van der Waals surface area contributed by atoms with Gasteiger partial charge >= 0.3 is 0 Å². The topological polar surface area (TPSA) is 49.3 Å². The van der Waals surface area contributed by atoms with E-state index in [4.69, 9.17) is 0 Å². The van der Waals surface area contributed by atoms with Gasteiger partial charge in [0.25, 0.3) is 5.91 Å². The summed E-state index contributed by atoms with van der Waals surface area (Å²) in [5.41, 5.74) is 0.690. The van der Waals surface area contributed by atoms with E-state index in [0.29, 0.717) is 5.56 Å². The number of thiophene rings is 1. The van der Waals surface area contributed by atoms with Gasteiger partial charge in [-0.15, -0.1) is 11.3 Å². The number of aliphatic hydroxyl groups excluding tert-OH is 1. The Labute approximate surface area is 110 Å². The van der Waals surface area contributed by atoms with E-state index in [1.807, 2.05) is 43.5 Å². The molecule has 0 aliphatic heterocycles. The van der Waals surface area contributed by atoms with Crippen LogP contribution in [0.4, 0.5) is 0 Å². The van der Waals surface area contributed by atoms with E-state index in [0.717, 1.165) is 10.1 Å². The zero-order chi connectivity index (χ0) is 13.1. The number of hydrogen-bond donors (Lipinski definition) is 2. The van der Waals surface area contributed by atoms with Gasteiger partial charge in [0.2, 0.25) is 0 Å². The highest BCUT2D eigenvalue weighted by molar-refractivity contribution is 7.17. The highest BCUT2D eigenvalue weighted by atomic mass is 32.1. The number of hydrogen-bond acceptors (Lipinski definition) is 3. The second-order valence-corrected chi connectivity index (χ2v) is 5.56. The van der Waals surface area contributed by atoms with Crippen molar-refractivity contribution < 1.29 is 9.90 Å². The molecular weight excluding hydrogens is 246 g/mol. The average molecular weight is 263 g/mol. The molecule has 18 heavy (non-hydrogen) atoms. The Morgan fingerprint density at radius 1 is 1.39 bits per heavy atom. The van der Waals surface area contributed by atoms with E-state index >= 15 is 0 Å². The number of rotatable bonds is 4. The van der Waals surface area contributed by atoms with Gasteiger partial charge < -0.3 is 10.4 Å². The maximum Gasteiger partial charge on any atom is 0.253 e. The van der Waals surface area contributed by atoms with Crippen molar-refractivity contribution >= 4 is 27.3 Å². The molecular formula is C14H17NO2S. The molecule has 1 heterocycles. The lowest BCUT2D eigenvalue weighted by atomic mass is 10.0. The van der Waals surface area contributed by atoms with Gasteiger partial charge in [-0.05, 0) is 12.0 Å². The van der Waals surface area contributed by atoms with Gasteiger partial charge in [0.15, 0.2) is 0 Å². The molecule has 1 atom stereocenters. The molecule has 2 aromatic rings. The molecule has 3 nitrogen and oxygen atoms in total. The van der Waals surface area contributed by atoms with Crippen LogP contribution in [0.2, 0.25) is 0 Å². The van der Waals surface area contributed by atoms with Gasteiger partial charge in [0, 0.05) is 15.5 Å². The molecule has 4 heteroatoms. The van der Waals surface area contributed by atoms with Crippen molar-refractivity contribution in [2.45, 2.75) is 19.9 Å². The lowest BCUT2D eigenvalue weighted by Gasteiger charge is -2.19. The fraction of sp³-hybridized carbons (Fsp3) is 0.357. The predicted octanol–water partition coefficient (Wildman–Crippen LogP) is 2.65. The molecule has 1 aromatic heterocycles. The highest BCUT2D eigenvalue weighted by Crippen LogP contribution is 2.25. The first-order valence-corrected chi connectivity index (χ1v) is 6.89. The molecule has 0 radical (unpaired) electrons. The number of benzene rings is 1. The number of amides is 1. The van der Waals surface area contributed by atoms with Crippen LogP contribution in [0.15, 0.2) is 29.6 Å². The SMILES string of the molecule is CC(C)[C@@H](CO)NC(=O)c1csc2ccccc12. The monoisotopic (exact) mass is 263 g/mol. The van der Waals surface area contributed by atoms with Crippen molar-refractivity contribution in [1.82, 2.24) is 5.32 Å². The zero-order valence-corrected chi connectivity index (χ0v) is 11.3. The van der Waals surface area contributed by atoms with E-state index < -0.39 is 0 Å². The molecule has 0 fully saturated rings. The minimum Gasteiger partial charge on any atom is -0.394 e. The zero-order valence-electron chi connectivity index (χ0n) is 10.5. The van der Waals surface area contributed by atoms with E-state index in [9.17, 15) is 9.90 Å². The van der Waals surface area contributed by atoms with Crippen LogP contribution in [-0.4, -0.2) is 23.7 Å². The molecule has 0 bridgehead atoms. The highest BCUT2D eigenvalue weighted by Gasteiger charge is 2.18. The largest absolute Gasteiger partial charge is 0.394 e. The number of carbonyl (C=O) groups is 1. The molecule has 2 N–H and O–H groups in total. The fourth-order valence-electron chi connectivity index (χ4n) is 1.82. The lowest BCUT2D eigenvalue weighted by molar-refractivity contribution is 0.0899. The molecule has 0 aliphatic rings. The maximum absolute atomic E-state index is 12.2. The Bertz CT molecular complexity index is 547. The first-order chi connectivity index (χ1) is 8.63. The van der Waals surface area contributed by atoms with Crippen LogP contribution in [0.25, 0.3) is 10.1 Å². The first kappa shape index (κ1) is 13.1. The Balaban J connectivity index is 2.23. The molecule has 0 unspecified atom stereocenters. The Morgan fingerprint density at radius 2 is 2.11 bits per heavy atom. The van der Waals surface area contributed by atoms with E-state index in [-0.39, 0.29) is 24.5 Å². The summed E-state index contributed by atoms with van der Waals surface area (Å²) in [4.78, 5) is 12.2. The Morgan fingerprint density at radius 3 is 2.78 bits per heavy atom. The van der Waals surface area contributed by atoms with Crippen LogP contribution < -0.4 is 5.32 Å².